The molecule has 0 aliphatic heterocycles. The molecule has 0 amide bonds. The van der Waals surface area contributed by atoms with Gasteiger partial charge in [0.15, 0.2) is 5.58 Å². The van der Waals surface area contributed by atoms with Gasteiger partial charge in [0, 0.05) is 7.05 Å². The molecule has 0 radical (unpaired) electrons. The fourth-order valence-corrected chi connectivity index (χ4v) is 4.69. The first-order valence-corrected chi connectivity index (χ1v) is 11.7. The molecule has 9 nitrogen and oxygen atoms in total. The first-order chi connectivity index (χ1) is 16.3. The Balaban J connectivity index is 1.44. The highest BCUT2D eigenvalue weighted by Gasteiger charge is 2.24. The van der Waals surface area contributed by atoms with Gasteiger partial charge >= 0.3 is 11.7 Å². The summed E-state index contributed by atoms with van der Waals surface area (Å²) >= 11 is 0. The van der Waals surface area contributed by atoms with Gasteiger partial charge in [-0.2, -0.15) is 0 Å². The minimum atomic E-state index is -3.89. The molecular weight excluding hydrogens is 460 g/mol. The Morgan fingerprint density at radius 3 is 2.41 bits per heavy atom. The first kappa shape index (κ1) is 23.1. The molecule has 10 heteroatoms. The molecule has 176 valence electrons. The highest BCUT2D eigenvalue weighted by molar-refractivity contribution is 7.92. The van der Waals surface area contributed by atoms with Crippen molar-refractivity contribution in [3.05, 3.63) is 88.9 Å². The normalized spacial score (nSPS) is 11.4. The first-order valence-electron chi connectivity index (χ1n) is 10.3. The van der Waals surface area contributed by atoms with Gasteiger partial charge in [0.2, 0.25) is 0 Å². The van der Waals surface area contributed by atoms with E-state index in [1.807, 2.05) is 0 Å². The summed E-state index contributed by atoms with van der Waals surface area (Å²) in [5.74, 6) is -0.757. The van der Waals surface area contributed by atoms with Gasteiger partial charge in [0.05, 0.1) is 35.3 Å². The Kier molecular flexibility index (Phi) is 6.42. The minimum absolute atomic E-state index is 0.00822. The molecule has 0 atom stereocenters. The summed E-state index contributed by atoms with van der Waals surface area (Å²) in [4.78, 5) is 24.4. The molecule has 0 fully saturated rings. The van der Waals surface area contributed by atoms with Crippen molar-refractivity contribution in [3.8, 4) is 5.75 Å². The second-order valence-electron chi connectivity index (χ2n) is 7.29. The van der Waals surface area contributed by atoms with Crippen LogP contribution in [0.1, 0.15) is 10.4 Å². The summed E-state index contributed by atoms with van der Waals surface area (Å²) in [6, 6.07) is 19.2. The number of hydrogen-bond donors (Lipinski definition) is 0. The van der Waals surface area contributed by atoms with Crippen LogP contribution in [-0.4, -0.2) is 39.7 Å². The number of para-hydroxylation sites is 4. The maximum absolute atomic E-state index is 13.0. The van der Waals surface area contributed by atoms with Crippen LogP contribution < -0.4 is 14.8 Å². The van der Waals surface area contributed by atoms with Crippen molar-refractivity contribution in [3.63, 3.8) is 0 Å². The quantitative estimate of drug-likeness (QED) is 0.355. The summed E-state index contributed by atoms with van der Waals surface area (Å²) in [5, 5.41) is 0. The van der Waals surface area contributed by atoms with E-state index in [-0.39, 0.29) is 23.6 Å². The number of carbonyl (C=O) groups is 1. The van der Waals surface area contributed by atoms with Crippen LogP contribution in [0.5, 0.6) is 5.75 Å². The van der Waals surface area contributed by atoms with Crippen LogP contribution in [0, 0.1) is 0 Å². The molecule has 0 saturated heterocycles. The van der Waals surface area contributed by atoms with Crippen LogP contribution in [0.25, 0.3) is 11.1 Å². The fourth-order valence-electron chi connectivity index (χ4n) is 3.48. The molecule has 3 aromatic carbocycles. The Morgan fingerprint density at radius 1 is 1.00 bits per heavy atom. The molecule has 0 aliphatic carbocycles. The predicted octanol–water partition coefficient (Wildman–Crippen LogP) is 3.29. The topological polar surface area (TPSA) is 108 Å². The summed E-state index contributed by atoms with van der Waals surface area (Å²) in [6.07, 6.45) is 0. The van der Waals surface area contributed by atoms with Gasteiger partial charge in [0.1, 0.15) is 12.4 Å². The van der Waals surface area contributed by atoms with E-state index < -0.39 is 21.7 Å². The molecular formula is C24H22N2O7S. The maximum Gasteiger partial charge on any atom is 0.420 e. The number of fused-ring (bicyclic) bond motifs is 1. The lowest BCUT2D eigenvalue weighted by atomic mass is 10.2. The van der Waals surface area contributed by atoms with E-state index in [2.05, 4.69) is 0 Å². The average Bonchev–Trinajstić information content (AvgIpc) is 3.18. The number of methoxy groups -OCH3 is 1. The van der Waals surface area contributed by atoms with E-state index in [0.717, 1.165) is 4.31 Å². The van der Waals surface area contributed by atoms with Crippen LogP contribution in [0.15, 0.2) is 86.9 Å². The summed E-state index contributed by atoms with van der Waals surface area (Å²) in [7, 11) is -0.996. The van der Waals surface area contributed by atoms with Gasteiger partial charge in [-0.25, -0.2) is 18.0 Å². The highest BCUT2D eigenvalue weighted by Crippen LogP contribution is 2.30. The van der Waals surface area contributed by atoms with Crippen molar-refractivity contribution in [2.24, 2.45) is 0 Å². The standard InChI is InChI=1S/C24H22N2O7S/c1-25(19-7-3-5-9-21(19)31-2)34(29,30)18-13-11-17(12-14-18)23(27)32-16-15-26-20-8-4-6-10-22(20)33-24(26)28/h3-14H,15-16H2,1-2H3. The molecule has 0 bridgehead atoms. The number of nitrogens with zero attached hydrogens (tertiary/aromatic N) is 2. The van der Waals surface area contributed by atoms with E-state index in [0.29, 0.717) is 22.5 Å². The third kappa shape index (κ3) is 4.40. The van der Waals surface area contributed by atoms with E-state index in [4.69, 9.17) is 13.9 Å². The number of carbonyl (C=O) groups excluding carboxylic acids is 1. The van der Waals surface area contributed by atoms with Gasteiger partial charge in [-0.1, -0.05) is 24.3 Å². The lowest BCUT2D eigenvalue weighted by Crippen LogP contribution is -2.27. The molecule has 4 rings (SSSR count). The summed E-state index contributed by atoms with van der Waals surface area (Å²) < 4.78 is 44.2. The van der Waals surface area contributed by atoms with Crippen molar-refractivity contribution < 1.29 is 27.1 Å². The van der Waals surface area contributed by atoms with E-state index >= 15 is 0 Å². The second kappa shape index (κ2) is 9.44. The number of esters is 1. The zero-order valence-corrected chi connectivity index (χ0v) is 19.3. The molecule has 34 heavy (non-hydrogen) atoms. The Bertz CT molecular complexity index is 1490. The summed E-state index contributed by atoms with van der Waals surface area (Å²) in [6.45, 7) is 0.0661. The third-order valence-corrected chi connectivity index (χ3v) is 7.08. The van der Waals surface area contributed by atoms with Crippen molar-refractivity contribution in [1.29, 1.82) is 0 Å². The molecule has 1 aromatic heterocycles. The summed E-state index contributed by atoms with van der Waals surface area (Å²) in [5.41, 5.74) is 1.63. The van der Waals surface area contributed by atoms with Gasteiger partial charge < -0.3 is 13.9 Å². The van der Waals surface area contributed by atoms with Crippen molar-refractivity contribution >= 4 is 32.8 Å². The van der Waals surface area contributed by atoms with Crippen molar-refractivity contribution in [2.45, 2.75) is 11.4 Å². The number of oxazole rings is 1. The smallest absolute Gasteiger partial charge is 0.420 e. The molecule has 1 heterocycles. The van der Waals surface area contributed by atoms with Crippen LogP contribution in [0.3, 0.4) is 0 Å². The van der Waals surface area contributed by atoms with Crippen LogP contribution in [0.4, 0.5) is 5.69 Å². The SMILES string of the molecule is COc1ccccc1N(C)S(=O)(=O)c1ccc(C(=O)OCCn2c(=O)oc3ccccc32)cc1. The molecule has 0 saturated carbocycles. The number of aromatic nitrogens is 1. The predicted molar refractivity (Wildman–Crippen MR) is 126 cm³/mol. The van der Waals surface area contributed by atoms with E-state index in [9.17, 15) is 18.0 Å². The van der Waals surface area contributed by atoms with Crippen LogP contribution >= 0.6 is 0 Å². The number of sulfonamides is 1. The zero-order valence-electron chi connectivity index (χ0n) is 18.5. The molecule has 0 unspecified atom stereocenters. The number of rotatable bonds is 8. The Hall–Kier alpha value is -4.05. The maximum atomic E-state index is 13.0. The minimum Gasteiger partial charge on any atom is -0.495 e. The lowest BCUT2D eigenvalue weighted by Gasteiger charge is -2.21. The van der Waals surface area contributed by atoms with Crippen LogP contribution in [-0.2, 0) is 21.3 Å². The van der Waals surface area contributed by atoms with Gasteiger partial charge in [0.25, 0.3) is 10.0 Å². The molecule has 0 spiro atoms. The zero-order chi connectivity index (χ0) is 24.3. The van der Waals surface area contributed by atoms with Crippen LogP contribution in [0.2, 0.25) is 0 Å². The molecule has 0 N–H and O–H groups in total. The van der Waals surface area contributed by atoms with Crippen molar-refractivity contribution in [2.75, 3.05) is 25.1 Å². The van der Waals surface area contributed by atoms with Gasteiger partial charge in [-0.15, -0.1) is 0 Å². The van der Waals surface area contributed by atoms with E-state index in [1.54, 1.807) is 48.5 Å². The van der Waals surface area contributed by atoms with Gasteiger partial charge in [-0.05, 0) is 48.5 Å². The number of benzene rings is 3. The van der Waals surface area contributed by atoms with Crippen molar-refractivity contribution in [1.82, 2.24) is 4.57 Å². The molecule has 4 aromatic rings. The Morgan fingerprint density at radius 2 is 1.68 bits per heavy atom. The number of anilines is 1. The second-order valence-corrected chi connectivity index (χ2v) is 9.26. The monoisotopic (exact) mass is 482 g/mol. The Labute approximate surface area is 195 Å². The number of hydrogen-bond acceptors (Lipinski definition) is 7. The average molecular weight is 483 g/mol. The lowest BCUT2D eigenvalue weighted by molar-refractivity contribution is 0.0490. The van der Waals surface area contributed by atoms with Gasteiger partial charge in [-0.3, -0.25) is 8.87 Å². The third-order valence-electron chi connectivity index (χ3n) is 5.29. The number of ether oxygens (including phenoxy) is 2. The largest absolute Gasteiger partial charge is 0.495 e. The highest BCUT2D eigenvalue weighted by atomic mass is 32.2. The van der Waals surface area contributed by atoms with E-state index in [1.165, 1.54) is 43.0 Å². The fraction of sp³-hybridized carbons (Fsp3) is 0.167. The molecule has 0 aliphatic rings.